The zero-order chi connectivity index (χ0) is 15.1. The van der Waals surface area contributed by atoms with E-state index < -0.39 is 29.4 Å². The highest BCUT2D eigenvalue weighted by atomic mass is 19.1. The van der Waals surface area contributed by atoms with Crippen LogP contribution in [0.15, 0.2) is 18.2 Å². The third-order valence-corrected chi connectivity index (χ3v) is 4.09. The summed E-state index contributed by atoms with van der Waals surface area (Å²) in [5.41, 5.74) is -0.134. The fraction of sp³-hybridized carbons (Fsp3) is 0.467. The Morgan fingerprint density at radius 1 is 1.19 bits per heavy atom. The lowest BCUT2D eigenvalue weighted by atomic mass is 10.1. The van der Waals surface area contributed by atoms with E-state index in [-0.39, 0.29) is 24.1 Å². The summed E-state index contributed by atoms with van der Waals surface area (Å²) in [7, 11) is 0. The van der Waals surface area contributed by atoms with Crippen LogP contribution in [0.4, 0.5) is 8.78 Å². The van der Waals surface area contributed by atoms with Gasteiger partial charge in [-0.15, -0.1) is 0 Å². The number of halogens is 2. The van der Waals surface area contributed by atoms with Crippen LogP contribution in [-0.2, 0) is 16.1 Å². The van der Waals surface area contributed by atoms with Gasteiger partial charge in [0.05, 0.1) is 18.4 Å². The monoisotopic (exact) mass is 295 g/mol. The second-order valence-electron chi connectivity index (χ2n) is 5.68. The van der Waals surface area contributed by atoms with E-state index in [4.69, 9.17) is 5.11 Å². The van der Waals surface area contributed by atoms with E-state index in [2.05, 4.69) is 0 Å². The highest BCUT2D eigenvalue weighted by Crippen LogP contribution is 2.42. The van der Waals surface area contributed by atoms with Crippen molar-refractivity contribution in [3.05, 3.63) is 35.4 Å². The van der Waals surface area contributed by atoms with Gasteiger partial charge in [-0.25, -0.2) is 8.78 Å². The Balaban J connectivity index is 1.77. The molecule has 0 aromatic heterocycles. The maximum Gasteiger partial charge on any atom is 0.307 e. The molecule has 112 valence electrons. The first-order valence-electron chi connectivity index (χ1n) is 6.95. The Kier molecular flexibility index (Phi) is 3.39. The number of hydrogen-bond acceptors (Lipinski definition) is 2. The Bertz CT molecular complexity index is 580. The Hall–Kier alpha value is -1.98. The zero-order valence-corrected chi connectivity index (χ0v) is 11.3. The van der Waals surface area contributed by atoms with Gasteiger partial charge in [0.1, 0.15) is 11.6 Å². The molecule has 3 rings (SSSR count). The summed E-state index contributed by atoms with van der Waals surface area (Å²) in [4.78, 5) is 24.6. The van der Waals surface area contributed by atoms with Crippen LogP contribution in [0.5, 0.6) is 0 Å². The summed E-state index contributed by atoms with van der Waals surface area (Å²) in [5.74, 6) is -3.84. The molecule has 0 bridgehead atoms. The lowest BCUT2D eigenvalue weighted by Crippen LogP contribution is -2.35. The molecule has 0 aliphatic heterocycles. The largest absolute Gasteiger partial charge is 0.481 e. The van der Waals surface area contributed by atoms with Crippen LogP contribution in [-0.4, -0.2) is 27.9 Å². The number of carbonyl (C=O) groups excluding carboxylic acids is 1. The predicted octanol–water partition coefficient (Wildman–Crippen LogP) is 2.18. The maximum absolute atomic E-state index is 13.7. The molecular weight excluding hydrogens is 280 g/mol. The summed E-state index contributed by atoms with van der Waals surface area (Å²) in [6, 6.07) is 3.57. The molecule has 21 heavy (non-hydrogen) atoms. The molecule has 1 amide bonds. The average molecular weight is 295 g/mol. The molecule has 0 saturated heterocycles. The van der Waals surface area contributed by atoms with E-state index in [0.29, 0.717) is 6.42 Å². The van der Waals surface area contributed by atoms with Crippen molar-refractivity contribution in [3.63, 3.8) is 0 Å². The number of aliphatic carboxylic acids is 1. The molecule has 2 aliphatic carbocycles. The van der Waals surface area contributed by atoms with Crippen LogP contribution >= 0.6 is 0 Å². The van der Waals surface area contributed by atoms with E-state index in [1.807, 2.05) is 0 Å². The van der Waals surface area contributed by atoms with Crippen molar-refractivity contribution >= 4 is 11.9 Å². The maximum atomic E-state index is 13.7. The molecule has 0 heterocycles. The van der Waals surface area contributed by atoms with Gasteiger partial charge in [0, 0.05) is 11.6 Å². The molecule has 1 N–H and O–H groups in total. The molecule has 6 heteroatoms. The number of hydrogen-bond donors (Lipinski definition) is 1. The normalized spacial score (nSPS) is 23.7. The number of nitrogens with zero attached hydrogens (tertiary/aromatic N) is 1. The molecule has 2 fully saturated rings. The molecule has 1 aromatic carbocycles. The first kappa shape index (κ1) is 14.0. The van der Waals surface area contributed by atoms with E-state index in [1.54, 1.807) is 0 Å². The summed E-state index contributed by atoms with van der Waals surface area (Å²) in [6.45, 7) is -0.134. The number of rotatable bonds is 5. The first-order chi connectivity index (χ1) is 9.99. The molecule has 2 saturated carbocycles. The summed E-state index contributed by atoms with van der Waals surface area (Å²) >= 11 is 0. The van der Waals surface area contributed by atoms with Crippen LogP contribution in [0.25, 0.3) is 0 Å². The van der Waals surface area contributed by atoms with Gasteiger partial charge in [-0.1, -0.05) is 6.07 Å². The third-order valence-electron chi connectivity index (χ3n) is 4.09. The van der Waals surface area contributed by atoms with Gasteiger partial charge in [-0.2, -0.15) is 0 Å². The van der Waals surface area contributed by atoms with Crippen molar-refractivity contribution in [3.8, 4) is 0 Å². The van der Waals surface area contributed by atoms with Crippen LogP contribution in [0.3, 0.4) is 0 Å². The average Bonchev–Trinajstić information content (AvgIpc) is 3.29. The second-order valence-corrected chi connectivity index (χ2v) is 5.68. The summed E-state index contributed by atoms with van der Waals surface area (Å²) in [6.07, 6.45) is 1.91. The topological polar surface area (TPSA) is 57.6 Å². The quantitative estimate of drug-likeness (QED) is 0.905. The fourth-order valence-corrected chi connectivity index (χ4v) is 2.58. The second kappa shape index (κ2) is 5.09. The smallest absolute Gasteiger partial charge is 0.307 e. The number of carboxylic acid groups (broad SMARTS) is 1. The van der Waals surface area contributed by atoms with Gasteiger partial charge in [-0.05, 0) is 31.4 Å². The molecule has 2 atom stereocenters. The fourth-order valence-electron chi connectivity index (χ4n) is 2.58. The van der Waals surface area contributed by atoms with Gasteiger partial charge in [0.2, 0.25) is 5.91 Å². The minimum Gasteiger partial charge on any atom is -0.481 e. The zero-order valence-electron chi connectivity index (χ0n) is 11.3. The van der Waals surface area contributed by atoms with Gasteiger partial charge in [0.15, 0.2) is 0 Å². The molecule has 0 spiro atoms. The van der Waals surface area contributed by atoms with E-state index in [9.17, 15) is 18.4 Å². The van der Waals surface area contributed by atoms with Gasteiger partial charge < -0.3 is 10.0 Å². The lowest BCUT2D eigenvalue weighted by Gasteiger charge is -2.23. The highest BCUT2D eigenvalue weighted by molar-refractivity contribution is 5.89. The number of amides is 1. The summed E-state index contributed by atoms with van der Waals surface area (Å²) in [5, 5.41) is 8.90. The molecule has 2 unspecified atom stereocenters. The van der Waals surface area contributed by atoms with Gasteiger partial charge in [0.25, 0.3) is 0 Å². The third kappa shape index (κ3) is 2.75. The summed E-state index contributed by atoms with van der Waals surface area (Å²) < 4.78 is 27.4. The van der Waals surface area contributed by atoms with Crippen molar-refractivity contribution < 1.29 is 23.5 Å². The van der Waals surface area contributed by atoms with Gasteiger partial charge >= 0.3 is 5.97 Å². The number of carbonyl (C=O) groups is 2. The molecule has 4 nitrogen and oxygen atoms in total. The minimum atomic E-state index is -0.985. The van der Waals surface area contributed by atoms with Crippen molar-refractivity contribution in [2.24, 2.45) is 11.8 Å². The lowest BCUT2D eigenvalue weighted by molar-refractivity contribution is -0.142. The number of benzene rings is 1. The predicted molar refractivity (Wildman–Crippen MR) is 69.2 cm³/mol. The Morgan fingerprint density at radius 3 is 2.29 bits per heavy atom. The SMILES string of the molecule is O=C(O)C1CC1C(=O)N(Cc1c(F)cccc1F)C1CC1. The van der Waals surface area contributed by atoms with E-state index >= 15 is 0 Å². The van der Waals surface area contributed by atoms with E-state index in [0.717, 1.165) is 25.0 Å². The number of carboxylic acids is 1. The van der Waals surface area contributed by atoms with Crippen LogP contribution in [0, 0.1) is 23.5 Å². The van der Waals surface area contributed by atoms with Crippen LogP contribution in [0.2, 0.25) is 0 Å². The minimum absolute atomic E-state index is 0.0217. The van der Waals surface area contributed by atoms with E-state index in [1.165, 1.54) is 11.0 Å². The molecule has 2 aliphatic rings. The Labute approximate surface area is 120 Å². The van der Waals surface area contributed by atoms with Crippen molar-refractivity contribution in [2.45, 2.75) is 31.8 Å². The standard InChI is InChI=1S/C15H15F2NO3/c16-12-2-1-3-13(17)11(12)7-18(8-4-5-8)14(19)9-6-10(9)15(20)21/h1-3,8-10H,4-7H2,(H,20,21). The Morgan fingerprint density at radius 2 is 1.81 bits per heavy atom. The van der Waals surface area contributed by atoms with Crippen molar-refractivity contribution in [1.82, 2.24) is 4.90 Å². The van der Waals surface area contributed by atoms with Crippen LogP contribution in [0.1, 0.15) is 24.8 Å². The first-order valence-corrected chi connectivity index (χ1v) is 6.95. The molecule has 1 aromatic rings. The van der Waals surface area contributed by atoms with Gasteiger partial charge in [-0.3, -0.25) is 9.59 Å². The molecular formula is C15H15F2NO3. The van der Waals surface area contributed by atoms with Crippen molar-refractivity contribution in [2.75, 3.05) is 0 Å². The highest BCUT2D eigenvalue weighted by Gasteiger charge is 2.51. The van der Waals surface area contributed by atoms with Crippen LogP contribution < -0.4 is 0 Å². The van der Waals surface area contributed by atoms with Crippen molar-refractivity contribution in [1.29, 1.82) is 0 Å². The molecule has 0 radical (unpaired) electrons.